The second kappa shape index (κ2) is 4.89. The number of amides is 1. The number of halogens is 4. The molecule has 0 aliphatic heterocycles. The molecule has 82 valence electrons. The van der Waals surface area contributed by atoms with Crippen LogP contribution in [0.3, 0.4) is 0 Å². The molecule has 2 nitrogen and oxygen atoms in total. The van der Waals surface area contributed by atoms with Crippen LogP contribution in [0, 0.1) is 0 Å². The summed E-state index contributed by atoms with van der Waals surface area (Å²) in [5.41, 5.74) is 0.0869. The molecule has 0 aromatic heterocycles. The number of hydrogen-bond acceptors (Lipinski definition) is 2. The summed E-state index contributed by atoms with van der Waals surface area (Å²) in [5.74, 6) is 0. The number of quaternary nitrogens is 1. The van der Waals surface area contributed by atoms with Gasteiger partial charge in [0.2, 0.25) is 0 Å². The molecule has 1 aromatic rings. The number of benzene rings is 1. The molecule has 15 heavy (non-hydrogen) atoms. The van der Waals surface area contributed by atoms with Crippen molar-refractivity contribution in [2.45, 2.75) is 3.12 Å². The van der Waals surface area contributed by atoms with Crippen molar-refractivity contribution in [2.75, 3.05) is 0 Å². The molecule has 0 spiro atoms. The van der Waals surface area contributed by atoms with Gasteiger partial charge in [0.25, 0.3) is 3.12 Å². The first-order valence-electron chi connectivity index (χ1n) is 3.75. The highest BCUT2D eigenvalue weighted by atomic mass is 35.6. The number of para-hydroxylation sites is 1. The molecule has 1 unspecified atom stereocenters. The maximum Gasteiger partial charge on any atom is 0.356 e. The van der Waals surface area contributed by atoms with Crippen LogP contribution in [-0.4, -0.2) is 9.53 Å². The Kier molecular flexibility index (Phi) is 4.26. The van der Waals surface area contributed by atoms with Gasteiger partial charge in [-0.25, -0.2) is 4.79 Å². The van der Waals surface area contributed by atoms with E-state index in [1.54, 1.807) is 18.2 Å². The van der Waals surface area contributed by atoms with Gasteiger partial charge in [0.1, 0.15) is 0 Å². The molecule has 0 saturated heterocycles. The van der Waals surface area contributed by atoms with E-state index in [9.17, 15) is 9.28 Å². The van der Waals surface area contributed by atoms with Crippen molar-refractivity contribution >= 4 is 58.8 Å². The Balaban J connectivity index is 3.01. The van der Waals surface area contributed by atoms with Gasteiger partial charge in [0.15, 0.2) is 17.6 Å². The van der Waals surface area contributed by atoms with E-state index in [1.165, 1.54) is 12.1 Å². The van der Waals surface area contributed by atoms with Crippen molar-refractivity contribution < 1.29 is 9.28 Å². The molecule has 1 aromatic carbocycles. The van der Waals surface area contributed by atoms with Gasteiger partial charge in [-0.05, 0) is 0 Å². The van der Waals surface area contributed by atoms with Gasteiger partial charge >= 0.3 is 6.41 Å². The number of carbonyl (C=O) groups is 1. The summed E-state index contributed by atoms with van der Waals surface area (Å²) in [4.78, 5) is 10.7. The third-order valence-electron chi connectivity index (χ3n) is 1.48. The minimum atomic E-state index is -1.91. The Hall–Kier alpha value is -0.000000000000000111. The first kappa shape index (κ1) is 13.1. The molecular weight excluding hydrogens is 284 g/mol. The zero-order valence-corrected chi connectivity index (χ0v) is 10.3. The smallest absolute Gasteiger partial charge is 0.228 e. The number of nitrogens with zero attached hydrogens (tertiary/aromatic N) is 1. The summed E-state index contributed by atoms with van der Waals surface area (Å²) in [6, 6.07) is 7.73. The minimum Gasteiger partial charge on any atom is -0.228 e. The van der Waals surface area contributed by atoms with Gasteiger partial charge in [-0.3, -0.25) is 0 Å². The number of hydrogen-bond donors (Lipinski definition) is 0. The van der Waals surface area contributed by atoms with Crippen LogP contribution in [0.1, 0.15) is 0 Å². The van der Waals surface area contributed by atoms with E-state index in [1.807, 2.05) is 0 Å². The minimum absolute atomic E-state index is 0.0574. The number of rotatable bonds is 3. The topological polar surface area (TPSA) is 17.1 Å². The van der Waals surface area contributed by atoms with Gasteiger partial charge in [-0.15, -0.1) is 0 Å². The Morgan fingerprint density at radius 2 is 1.80 bits per heavy atom. The summed E-state index contributed by atoms with van der Waals surface area (Å²) in [6.07, 6.45) is 0.0574. The van der Waals surface area contributed by atoms with Crippen LogP contribution in [0.25, 0.3) is 0 Å². The molecule has 0 heterocycles. The quantitative estimate of drug-likeness (QED) is 0.362. The highest BCUT2D eigenvalue weighted by Crippen LogP contribution is 2.47. The van der Waals surface area contributed by atoms with Crippen molar-refractivity contribution in [3.8, 4) is 0 Å². The number of alkyl halides is 3. The molecule has 0 N–H and O–H groups in total. The van der Waals surface area contributed by atoms with E-state index in [0.717, 1.165) is 0 Å². The standard InChI is InChI=1S/C8H6Cl3FNOS/c9-8(10,11)15-13(12,6-14)7-4-2-1-3-5-7/h1-6H/q+1. The Morgan fingerprint density at radius 3 is 2.20 bits per heavy atom. The van der Waals surface area contributed by atoms with E-state index in [4.69, 9.17) is 34.8 Å². The lowest BCUT2D eigenvalue weighted by molar-refractivity contribution is -0.120. The summed E-state index contributed by atoms with van der Waals surface area (Å²) in [7, 11) is 0. The first-order chi connectivity index (χ1) is 6.87. The summed E-state index contributed by atoms with van der Waals surface area (Å²) >= 11 is 16.5. The molecule has 0 fully saturated rings. The van der Waals surface area contributed by atoms with Gasteiger partial charge < -0.3 is 0 Å². The highest BCUT2D eigenvalue weighted by Gasteiger charge is 2.44. The van der Waals surface area contributed by atoms with Crippen LogP contribution in [0.2, 0.25) is 0 Å². The maximum absolute atomic E-state index is 14.0. The zero-order chi connectivity index (χ0) is 11.5. The van der Waals surface area contributed by atoms with Crippen molar-refractivity contribution in [3.63, 3.8) is 0 Å². The normalized spacial score (nSPS) is 15.7. The lowest BCUT2D eigenvalue weighted by atomic mass is 10.3. The summed E-state index contributed by atoms with van der Waals surface area (Å²) < 4.78 is 10.5. The first-order valence-corrected chi connectivity index (χ1v) is 5.66. The van der Waals surface area contributed by atoms with E-state index in [-0.39, 0.29) is 24.0 Å². The van der Waals surface area contributed by atoms with Crippen molar-refractivity contribution in [1.82, 2.24) is 4.11 Å². The summed E-state index contributed by atoms with van der Waals surface area (Å²) in [5, 5.41) is 0. The van der Waals surface area contributed by atoms with Crippen LogP contribution in [0.15, 0.2) is 30.3 Å². The SMILES string of the molecule is O=C[N+](F)(SC(Cl)(Cl)Cl)c1ccccc1. The molecule has 1 rings (SSSR count). The predicted octanol–water partition coefficient (Wildman–Crippen LogP) is 4.01. The van der Waals surface area contributed by atoms with Gasteiger partial charge in [-0.1, -0.05) is 53.0 Å². The predicted molar refractivity (Wildman–Crippen MR) is 63.3 cm³/mol. The van der Waals surface area contributed by atoms with Crippen molar-refractivity contribution in [3.05, 3.63) is 30.3 Å². The second-order valence-corrected chi connectivity index (χ2v) is 6.83. The third-order valence-corrected chi connectivity index (χ3v) is 2.87. The fourth-order valence-electron chi connectivity index (χ4n) is 0.917. The van der Waals surface area contributed by atoms with Gasteiger partial charge in [0.05, 0.1) is 0 Å². The lowest BCUT2D eigenvalue weighted by Crippen LogP contribution is -2.33. The van der Waals surface area contributed by atoms with E-state index in [2.05, 4.69) is 0 Å². The molecule has 7 heteroatoms. The maximum atomic E-state index is 14.0. The second-order valence-electron chi connectivity index (χ2n) is 2.55. The fraction of sp³-hybridized carbons (Fsp3) is 0.125. The zero-order valence-electron chi connectivity index (χ0n) is 7.24. The van der Waals surface area contributed by atoms with E-state index < -0.39 is 7.24 Å². The van der Waals surface area contributed by atoms with E-state index >= 15 is 0 Å². The van der Waals surface area contributed by atoms with Crippen LogP contribution in [0.5, 0.6) is 0 Å². The monoisotopic (exact) mass is 288 g/mol. The van der Waals surface area contributed by atoms with Crippen LogP contribution in [-0.2, 0) is 4.79 Å². The third kappa shape index (κ3) is 3.81. The average Bonchev–Trinajstić information content (AvgIpc) is 2.16. The highest BCUT2D eigenvalue weighted by molar-refractivity contribution is 8.04. The lowest BCUT2D eigenvalue weighted by Gasteiger charge is -2.18. The average molecular weight is 290 g/mol. The van der Waals surface area contributed by atoms with Gasteiger partial charge in [0, 0.05) is 20.7 Å². The fourth-order valence-corrected chi connectivity index (χ4v) is 2.39. The molecule has 0 aliphatic rings. The van der Waals surface area contributed by atoms with E-state index in [0.29, 0.717) is 0 Å². The molecule has 0 radical (unpaired) electrons. The van der Waals surface area contributed by atoms with Crippen LogP contribution >= 0.6 is 46.8 Å². The van der Waals surface area contributed by atoms with Crippen LogP contribution in [0.4, 0.5) is 10.2 Å². The summed E-state index contributed by atoms with van der Waals surface area (Å²) in [6.45, 7) is 0. The van der Waals surface area contributed by atoms with Crippen LogP contribution < -0.4 is 4.11 Å². The molecule has 1 atom stereocenters. The Morgan fingerprint density at radius 1 is 1.27 bits per heavy atom. The molecule has 0 aliphatic carbocycles. The number of carbonyl (C=O) groups excluding carboxylic acids is 1. The van der Waals surface area contributed by atoms with Gasteiger partial charge in [-0.2, -0.15) is 0 Å². The van der Waals surface area contributed by atoms with Crippen molar-refractivity contribution in [2.24, 2.45) is 0 Å². The molecule has 0 saturated carbocycles. The Bertz CT molecular complexity index is 345. The molecule has 1 amide bonds. The molecule has 0 bridgehead atoms. The Labute approximate surface area is 106 Å². The molecular formula is C8H6Cl3FNOS+. The largest absolute Gasteiger partial charge is 0.356 e. The van der Waals surface area contributed by atoms with Crippen molar-refractivity contribution in [1.29, 1.82) is 0 Å².